The van der Waals surface area contributed by atoms with E-state index in [1.807, 2.05) is 0 Å². The molecule has 15 heavy (non-hydrogen) atoms. The van der Waals surface area contributed by atoms with Crippen LogP contribution in [0, 0.1) is 15.9 Å². The van der Waals surface area contributed by atoms with Crippen molar-refractivity contribution in [3.8, 4) is 5.88 Å². The van der Waals surface area contributed by atoms with Gasteiger partial charge in [0.15, 0.2) is 0 Å². The van der Waals surface area contributed by atoms with E-state index in [2.05, 4.69) is 9.72 Å². The molecule has 1 aromatic heterocycles. The number of methoxy groups -OCH3 is 1. The molecule has 0 radical (unpaired) electrons. The van der Waals surface area contributed by atoms with Gasteiger partial charge in [0.2, 0.25) is 5.82 Å². The van der Waals surface area contributed by atoms with Crippen LogP contribution in [-0.4, -0.2) is 17.0 Å². The Bertz CT molecular complexity index is 397. The van der Waals surface area contributed by atoms with Gasteiger partial charge in [-0.15, -0.1) is 0 Å². The van der Waals surface area contributed by atoms with E-state index in [0.717, 1.165) is 7.11 Å². The minimum Gasteiger partial charge on any atom is -0.476 e. The predicted molar refractivity (Wildman–Crippen MR) is 42.4 cm³/mol. The number of hydrogen-bond acceptors (Lipinski definition) is 4. The SMILES string of the molecule is COc1nc(C(F)F)cc(F)c1[N+](=O)[O-]. The van der Waals surface area contributed by atoms with Gasteiger partial charge < -0.3 is 4.74 Å². The fourth-order valence-electron chi connectivity index (χ4n) is 0.922. The van der Waals surface area contributed by atoms with E-state index in [1.54, 1.807) is 0 Å². The molecule has 5 nitrogen and oxygen atoms in total. The number of aromatic nitrogens is 1. The molecule has 0 saturated heterocycles. The maximum atomic E-state index is 13.0. The normalized spacial score (nSPS) is 10.5. The Hall–Kier alpha value is -1.86. The van der Waals surface area contributed by atoms with E-state index in [0.29, 0.717) is 6.07 Å². The summed E-state index contributed by atoms with van der Waals surface area (Å²) in [6, 6.07) is 0.311. The van der Waals surface area contributed by atoms with Gasteiger partial charge in [0.05, 0.1) is 12.0 Å². The first kappa shape index (κ1) is 11.2. The van der Waals surface area contributed by atoms with Crippen molar-refractivity contribution in [3.63, 3.8) is 0 Å². The van der Waals surface area contributed by atoms with Gasteiger partial charge in [0.25, 0.3) is 12.3 Å². The van der Waals surface area contributed by atoms with E-state index >= 15 is 0 Å². The molecule has 0 amide bonds. The fourth-order valence-corrected chi connectivity index (χ4v) is 0.922. The summed E-state index contributed by atoms with van der Waals surface area (Å²) in [4.78, 5) is 12.4. The summed E-state index contributed by atoms with van der Waals surface area (Å²) in [6.45, 7) is 0. The highest BCUT2D eigenvalue weighted by molar-refractivity contribution is 5.43. The molecule has 0 aliphatic carbocycles. The highest BCUT2D eigenvalue weighted by Crippen LogP contribution is 2.30. The van der Waals surface area contributed by atoms with Crippen LogP contribution in [0.3, 0.4) is 0 Å². The van der Waals surface area contributed by atoms with E-state index in [-0.39, 0.29) is 0 Å². The second-order valence-corrected chi connectivity index (χ2v) is 2.44. The van der Waals surface area contributed by atoms with Gasteiger partial charge in [0, 0.05) is 6.07 Å². The van der Waals surface area contributed by atoms with E-state index in [9.17, 15) is 23.3 Å². The third kappa shape index (κ3) is 2.14. The van der Waals surface area contributed by atoms with Crippen LogP contribution in [0.1, 0.15) is 12.1 Å². The number of alkyl halides is 2. The summed E-state index contributed by atoms with van der Waals surface area (Å²) < 4.78 is 41.6. The second-order valence-electron chi connectivity index (χ2n) is 2.44. The molecule has 0 atom stereocenters. The van der Waals surface area contributed by atoms with Crippen LogP contribution in [0.2, 0.25) is 0 Å². The Kier molecular flexibility index (Phi) is 3.08. The van der Waals surface area contributed by atoms with Crippen molar-refractivity contribution in [1.29, 1.82) is 0 Å². The zero-order chi connectivity index (χ0) is 11.6. The maximum absolute atomic E-state index is 13.0. The first-order valence-electron chi connectivity index (χ1n) is 3.64. The van der Waals surface area contributed by atoms with Crippen molar-refractivity contribution >= 4 is 5.69 Å². The Morgan fingerprint density at radius 2 is 2.20 bits per heavy atom. The van der Waals surface area contributed by atoms with Crippen molar-refractivity contribution in [1.82, 2.24) is 4.98 Å². The first-order chi connectivity index (χ1) is 6.97. The van der Waals surface area contributed by atoms with Crippen LogP contribution in [0.4, 0.5) is 18.9 Å². The van der Waals surface area contributed by atoms with Gasteiger partial charge in [-0.3, -0.25) is 10.1 Å². The van der Waals surface area contributed by atoms with Crippen LogP contribution < -0.4 is 4.74 Å². The molecule has 82 valence electrons. The molecule has 0 aliphatic rings. The summed E-state index contributed by atoms with van der Waals surface area (Å²) in [6.07, 6.45) is -3.02. The first-order valence-corrected chi connectivity index (χ1v) is 3.64. The molecule has 0 aromatic carbocycles. The van der Waals surface area contributed by atoms with Gasteiger partial charge in [-0.25, -0.2) is 13.8 Å². The number of hydrogen-bond donors (Lipinski definition) is 0. The monoisotopic (exact) mass is 222 g/mol. The van der Waals surface area contributed by atoms with Crippen LogP contribution in [-0.2, 0) is 0 Å². The van der Waals surface area contributed by atoms with Gasteiger partial charge in [-0.1, -0.05) is 0 Å². The van der Waals surface area contributed by atoms with Crippen LogP contribution >= 0.6 is 0 Å². The second kappa shape index (κ2) is 4.11. The lowest BCUT2D eigenvalue weighted by Crippen LogP contribution is -2.02. The Balaban J connectivity index is 3.37. The Morgan fingerprint density at radius 1 is 1.60 bits per heavy atom. The predicted octanol–water partition coefficient (Wildman–Crippen LogP) is 2.08. The number of rotatable bonds is 3. The molecule has 0 saturated carbocycles. The Morgan fingerprint density at radius 3 is 2.60 bits per heavy atom. The Labute approximate surface area is 81.6 Å². The lowest BCUT2D eigenvalue weighted by atomic mass is 10.3. The fraction of sp³-hybridized carbons (Fsp3) is 0.286. The number of ether oxygens (including phenoxy) is 1. The van der Waals surface area contributed by atoms with Gasteiger partial charge in [-0.05, 0) is 0 Å². The van der Waals surface area contributed by atoms with E-state index < -0.39 is 34.4 Å². The minimum atomic E-state index is -3.02. The molecule has 0 N–H and O–H groups in total. The lowest BCUT2D eigenvalue weighted by Gasteiger charge is -2.04. The number of nitro groups is 1. The average molecular weight is 222 g/mol. The highest BCUT2D eigenvalue weighted by atomic mass is 19.3. The molecule has 0 fully saturated rings. The zero-order valence-electron chi connectivity index (χ0n) is 7.41. The standard InChI is InChI=1S/C7H5F3N2O3/c1-15-7-5(12(13)14)3(8)2-4(11-7)6(9)10/h2,6H,1H3. The molecular weight excluding hydrogens is 217 g/mol. The van der Waals surface area contributed by atoms with E-state index in [1.165, 1.54) is 0 Å². The van der Waals surface area contributed by atoms with Crippen molar-refractivity contribution in [2.75, 3.05) is 7.11 Å². The molecule has 1 heterocycles. The number of halogens is 3. The van der Waals surface area contributed by atoms with Crippen molar-refractivity contribution < 1.29 is 22.8 Å². The molecule has 1 aromatic rings. The number of pyridine rings is 1. The summed E-state index contributed by atoms with van der Waals surface area (Å²) in [5.41, 5.74) is -1.96. The molecular formula is C7H5F3N2O3. The molecule has 0 unspecified atom stereocenters. The summed E-state index contributed by atoms with van der Waals surface area (Å²) in [5, 5.41) is 10.3. The quantitative estimate of drug-likeness (QED) is 0.580. The minimum absolute atomic E-state index is 0.311. The molecule has 8 heteroatoms. The highest BCUT2D eigenvalue weighted by Gasteiger charge is 2.26. The molecule has 0 spiro atoms. The molecule has 1 rings (SSSR count). The number of nitrogens with zero attached hydrogens (tertiary/aromatic N) is 2. The summed E-state index contributed by atoms with van der Waals surface area (Å²) >= 11 is 0. The summed E-state index contributed by atoms with van der Waals surface area (Å²) in [5.74, 6) is -2.17. The van der Waals surface area contributed by atoms with Gasteiger partial charge in [-0.2, -0.15) is 4.39 Å². The topological polar surface area (TPSA) is 65.3 Å². The maximum Gasteiger partial charge on any atom is 0.366 e. The van der Waals surface area contributed by atoms with Gasteiger partial charge >= 0.3 is 5.69 Å². The average Bonchev–Trinajstić information content (AvgIpc) is 2.15. The third-order valence-corrected chi connectivity index (χ3v) is 1.53. The zero-order valence-corrected chi connectivity index (χ0v) is 7.41. The lowest BCUT2D eigenvalue weighted by molar-refractivity contribution is -0.388. The van der Waals surface area contributed by atoms with Crippen LogP contribution in [0.15, 0.2) is 6.07 Å². The smallest absolute Gasteiger partial charge is 0.366 e. The van der Waals surface area contributed by atoms with Crippen molar-refractivity contribution in [2.24, 2.45) is 0 Å². The van der Waals surface area contributed by atoms with Crippen molar-refractivity contribution in [2.45, 2.75) is 6.43 Å². The molecule has 0 aliphatic heterocycles. The van der Waals surface area contributed by atoms with Crippen LogP contribution in [0.25, 0.3) is 0 Å². The molecule has 0 bridgehead atoms. The van der Waals surface area contributed by atoms with Crippen LogP contribution in [0.5, 0.6) is 5.88 Å². The summed E-state index contributed by atoms with van der Waals surface area (Å²) in [7, 11) is 0.976. The van der Waals surface area contributed by atoms with Crippen molar-refractivity contribution in [3.05, 3.63) is 27.7 Å². The van der Waals surface area contributed by atoms with Gasteiger partial charge in [0.1, 0.15) is 5.69 Å². The largest absolute Gasteiger partial charge is 0.476 e. The van der Waals surface area contributed by atoms with E-state index in [4.69, 9.17) is 0 Å². The third-order valence-electron chi connectivity index (χ3n) is 1.53.